The fourth-order valence-electron chi connectivity index (χ4n) is 1.74. The highest BCUT2D eigenvalue weighted by Crippen LogP contribution is 2.20. The summed E-state index contributed by atoms with van der Waals surface area (Å²) in [6.45, 7) is 2.02. The molecule has 1 unspecified atom stereocenters. The second-order valence-electron chi connectivity index (χ2n) is 4.47. The Hall–Kier alpha value is -1.89. The van der Waals surface area contributed by atoms with Crippen LogP contribution in [0, 0.1) is 0 Å². The van der Waals surface area contributed by atoms with Crippen LogP contribution in [0.4, 0.5) is 0 Å². The lowest BCUT2D eigenvalue weighted by molar-refractivity contribution is -0.128. The maximum atomic E-state index is 12.2. The van der Waals surface area contributed by atoms with Crippen LogP contribution >= 0.6 is 11.8 Å². The van der Waals surface area contributed by atoms with Crippen molar-refractivity contribution in [1.29, 1.82) is 0 Å². The molecule has 1 heterocycles. The topological polar surface area (TPSA) is 63.9 Å². The number of thioether (sulfide) groups is 1. The summed E-state index contributed by atoms with van der Waals surface area (Å²) in [6.07, 6.45) is 0. The van der Waals surface area contributed by atoms with E-state index < -0.39 is 0 Å². The van der Waals surface area contributed by atoms with E-state index in [1.807, 2.05) is 44.3 Å². The van der Waals surface area contributed by atoms with Crippen molar-refractivity contribution < 1.29 is 4.79 Å². The molecule has 1 aromatic heterocycles. The standard InChI is InChI=1S/C13H17N5OS/c1-10(11-7-5-4-6-8-11)17(2)12(19)9-20-13-14-15-16-18(13)3/h4-8,10H,9H2,1-3H3. The van der Waals surface area contributed by atoms with Crippen molar-refractivity contribution in [1.82, 2.24) is 25.1 Å². The van der Waals surface area contributed by atoms with E-state index in [2.05, 4.69) is 15.5 Å². The van der Waals surface area contributed by atoms with Gasteiger partial charge in [-0.15, -0.1) is 5.10 Å². The first-order valence-electron chi connectivity index (χ1n) is 6.25. The fraction of sp³-hybridized carbons (Fsp3) is 0.385. The van der Waals surface area contributed by atoms with Gasteiger partial charge in [0.15, 0.2) is 0 Å². The minimum Gasteiger partial charge on any atom is -0.338 e. The molecule has 0 radical (unpaired) electrons. The summed E-state index contributed by atoms with van der Waals surface area (Å²) in [5.41, 5.74) is 1.12. The third-order valence-electron chi connectivity index (χ3n) is 3.16. The van der Waals surface area contributed by atoms with E-state index in [1.54, 1.807) is 16.6 Å². The smallest absolute Gasteiger partial charge is 0.233 e. The zero-order valence-corrected chi connectivity index (χ0v) is 12.5. The number of carbonyl (C=O) groups is 1. The first kappa shape index (κ1) is 14.5. The summed E-state index contributed by atoms with van der Waals surface area (Å²) >= 11 is 1.34. The van der Waals surface area contributed by atoms with Crippen LogP contribution in [0.25, 0.3) is 0 Å². The van der Waals surface area contributed by atoms with E-state index in [-0.39, 0.29) is 11.9 Å². The van der Waals surface area contributed by atoms with Crippen molar-refractivity contribution in [2.45, 2.75) is 18.1 Å². The van der Waals surface area contributed by atoms with Crippen LogP contribution < -0.4 is 0 Å². The zero-order chi connectivity index (χ0) is 14.5. The molecule has 0 saturated heterocycles. The van der Waals surface area contributed by atoms with Gasteiger partial charge in [-0.3, -0.25) is 4.79 Å². The molecule has 2 rings (SSSR count). The maximum Gasteiger partial charge on any atom is 0.233 e. The Balaban J connectivity index is 1.93. The van der Waals surface area contributed by atoms with Crippen molar-refractivity contribution in [2.24, 2.45) is 7.05 Å². The van der Waals surface area contributed by atoms with E-state index in [0.29, 0.717) is 10.9 Å². The average molecular weight is 291 g/mol. The lowest BCUT2D eigenvalue weighted by Crippen LogP contribution is -2.31. The Bertz CT molecular complexity index is 571. The second-order valence-corrected chi connectivity index (χ2v) is 5.41. The molecular formula is C13H17N5OS. The van der Waals surface area contributed by atoms with Gasteiger partial charge in [0.25, 0.3) is 0 Å². The largest absolute Gasteiger partial charge is 0.338 e. The van der Waals surface area contributed by atoms with E-state index >= 15 is 0 Å². The third-order valence-corrected chi connectivity index (χ3v) is 4.16. The van der Waals surface area contributed by atoms with Crippen molar-refractivity contribution in [3.63, 3.8) is 0 Å². The summed E-state index contributed by atoms with van der Waals surface area (Å²) < 4.78 is 1.55. The lowest BCUT2D eigenvalue weighted by atomic mass is 10.1. The Labute approximate surface area is 122 Å². The summed E-state index contributed by atoms with van der Waals surface area (Å²) in [4.78, 5) is 13.9. The number of benzene rings is 1. The number of aryl methyl sites for hydroxylation is 1. The number of hydrogen-bond donors (Lipinski definition) is 0. The Kier molecular flexibility index (Phi) is 4.73. The molecule has 2 aromatic rings. The highest BCUT2D eigenvalue weighted by Gasteiger charge is 2.18. The van der Waals surface area contributed by atoms with Crippen molar-refractivity contribution in [3.8, 4) is 0 Å². The van der Waals surface area contributed by atoms with Gasteiger partial charge in [-0.1, -0.05) is 42.1 Å². The van der Waals surface area contributed by atoms with Gasteiger partial charge in [-0.2, -0.15) is 0 Å². The number of nitrogens with zero attached hydrogens (tertiary/aromatic N) is 5. The number of hydrogen-bond acceptors (Lipinski definition) is 5. The Morgan fingerprint density at radius 2 is 2.10 bits per heavy atom. The van der Waals surface area contributed by atoms with E-state index in [0.717, 1.165) is 5.56 Å². The molecule has 106 valence electrons. The molecule has 1 amide bonds. The monoisotopic (exact) mass is 291 g/mol. The highest BCUT2D eigenvalue weighted by molar-refractivity contribution is 7.99. The predicted octanol–water partition coefficient (Wildman–Crippen LogP) is 1.52. The van der Waals surface area contributed by atoms with Crippen molar-refractivity contribution in [3.05, 3.63) is 35.9 Å². The lowest BCUT2D eigenvalue weighted by Gasteiger charge is -2.25. The summed E-state index contributed by atoms with van der Waals surface area (Å²) in [5.74, 6) is 0.372. The highest BCUT2D eigenvalue weighted by atomic mass is 32.2. The normalized spacial score (nSPS) is 12.2. The van der Waals surface area contributed by atoms with Gasteiger partial charge < -0.3 is 4.90 Å². The van der Waals surface area contributed by atoms with Gasteiger partial charge in [0.1, 0.15) is 0 Å². The SMILES string of the molecule is CC(c1ccccc1)N(C)C(=O)CSc1nnnn1C. The maximum absolute atomic E-state index is 12.2. The molecule has 6 nitrogen and oxygen atoms in total. The Morgan fingerprint density at radius 1 is 1.40 bits per heavy atom. The first-order chi connectivity index (χ1) is 9.59. The molecule has 20 heavy (non-hydrogen) atoms. The number of rotatable bonds is 5. The molecule has 0 bridgehead atoms. The quantitative estimate of drug-likeness (QED) is 0.782. The van der Waals surface area contributed by atoms with Crippen LogP contribution in [0.15, 0.2) is 35.5 Å². The molecule has 0 fully saturated rings. The molecule has 0 aliphatic heterocycles. The molecule has 0 aliphatic carbocycles. The van der Waals surface area contributed by atoms with Crippen LogP contribution in [-0.4, -0.2) is 43.8 Å². The molecular weight excluding hydrogens is 274 g/mol. The van der Waals surface area contributed by atoms with Gasteiger partial charge in [-0.25, -0.2) is 4.68 Å². The van der Waals surface area contributed by atoms with Crippen LogP contribution in [0.3, 0.4) is 0 Å². The van der Waals surface area contributed by atoms with Crippen molar-refractivity contribution in [2.75, 3.05) is 12.8 Å². The predicted molar refractivity (Wildman–Crippen MR) is 77.1 cm³/mol. The third kappa shape index (κ3) is 3.36. The van der Waals surface area contributed by atoms with Crippen LogP contribution in [-0.2, 0) is 11.8 Å². The van der Waals surface area contributed by atoms with Crippen LogP contribution in [0.2, 0.25) is 0 Å². The summed E-state index contributed by atoms with van der Waals surface area (Å²) in [5, 5.41) is 11.8. The average Bonchev–Trinajstić information content (AvgIpc) is 2.89. The molecule has 0 spiro atoms. The van der Waals surface area contributed by atoms with Crippen LogP contribution in [0.1, 0.15) is 18.5 Å². The fourth-order valence-corrected chi connectivity index (χ4v) is 2.52. The first-order valence-corrected chi connectivity index (χ1v) is 7.24. The second kappa shape index (κ2) is 6.51. The summed E-state index contributed by atoms with van der Waals surface area (Å²) in [7, 11) is 3.57. The zero-order valence-electron chi connectivity index (χ0n) is 11.7. The van der Waals surface area contributed by atoms with Gasteiger partial charge >= 0.3 is 0 Å². The molecule has 1 aromatic carbocycles. The Morgan fingerprint density at radius 3 is 2.70 bits per heavy atom. The molecule has 1 atom stereocenters. The molecule has 0 saturated carbocycles. The van der Waals surface area contributed by atoms with Gasteiger partial charge in [-0.05, 0) is 22.9 Å². The number of aromatic nitrogens is 4. The van der Waals surface area contributed by atoms with Gasteiger partial charge in [0.2, 0.25) is 11.1 Å². The molecule has 7 heteroatoms. The number of tetrazole rings is 1. The van der Waals surface area contributed by atoms with Crippen LogP contribution in [0.5, 0.6) is 0 Å². The van der Waals surface area contributed by atoms with E-state index in [9.17, 15) is 4.79 Å². The number of amides is 1. The summed E-state index contributed by atoms with van der Waals surface area (Å²) in [6, 6.07) is 10.0. The minimum atomic E-state index is 0.0434. The van der Waals surface area contributed by atoms with Crippen molar-refractivity contribution >= 4 is 17.7 Å². The number of carbonyl (C=O) groups excluding carboxylic acids is 1. The molecule has 0 aliphatic rings. The van der Waals surface area contributed by atoms with E-state index in [1.165, 1.54) is 11.8 Å². The van der Waals surface area contributed by atoms with Gasteiger partial charge in [0, 0.05) is 14.1 Å². The minimum absolute atomic E-state index is 0.0434. The molecule has 0 N–H and O–H groups in total. The van der Waals surface area contributed by atoms with Gasteiger partial charge in [0.05, 0.1) is 11.8 Å². The van der Waals surface area contributed by atoms with E-state index in [4.69, 9.17) is 0 Å².